The van der Waals surface area contributed by atoms with E-state index in [4.69, 9.17) is 42.6 Å². The summed E-state index contributed by atoms with van der Waals surface area (Å²) >= 11 is 0. The zero-order valence-electron chi connectivity index (χ0n) is 25.1. The Bertz CT molecular complexity index is 1010. The van der Waals surface area contributed by atoms with Crippen LogP contribution < -0.4 is 0 Å². The largest absolute Gasteiger partial charge is 0.394 e. The Morgan fingerprint density at radius 3 is 1.35 bits per heavy atom. The van der Waals surface area contributed by atoms with Crippen molar-refractivity contribution in [3.63, 3.8) is 0 Å². The van der Waals surface area contributed by atoms with Gasteiger partial charge in [0.25, 0.3) is 0 Å². The lowest BCUT2D eigenvalue weighted by Gasteiger charge is -2.31. The van der Waals surface area contributed by atoms with Crippen molar-refractivity contribution < 1.29 is 109 Å². The standard InChI is InChI=1S/C26H44O22/c27-1-6(32)17-19(46-24-15(37)12(34)8(3-29)42-24)16(38)25(44-17)47-20-13(35)9(4-30)43-26(20)48-21-18(10(5-31)40-22(21)39)45-23-14(36)11(33)7(2-28)41-23/h6-39H,1-5H2/t6-,7+,8+,9+,10+,11+,12+,13+,14-,15-,16-,17+,18+,19-,20-,21-,22-,23+,24+,25+,26-/m1/s1. The number of ether oxygens (including phenoxy) is 9. The smallest absolute Gasteiger partial charge is 0.187 e. The number of hydrogen-bond donors (Lipinski definition) is 13. The van der Waals surface area contributed by atoms with E-state index < -0.39 is 162 Å². The molecule has 22 nitrogen and oxygen atoms in total. The number of aliphatic hydroxyl groups excluding tert-OH is 13. The van der Waals surface area contributed by atoms with E-state index >= 15 is 0 Å². The molecule has 0 amide bonds. The second-order valence-corrected chi connectivity index (χ2v) is 12.0. The first kappa shape index (κ1) is 38.4. The van der Waals surface area contributed by atoms with Gasteiger partial charge >= 0.3 is 0 Å². The zero-order valence-corrected chi connectivity index (χ0v) is 25.1. The average molecular weight is 709 g/mol. The second kappa shape index (κ2) is 16.2. The maximum atomic E-state index is 11.1. The topological polar surface area (TPSA) is 346 Å². The van der Waals surface area contributed by atoms with Crippen molar-refractivity contribution >= 4 is 0 Å². The molecule has 280 valence electrons. The van der Waals surface area contributed by atoms with Gasteiger partial charge in [0.1, 0.15) is 97.7 Å². The maximum Gasteiger partial charge on any atom is 0.187 e. The molecule has 0 aromatic heterocycles. The van der Waals surface area contributed by atoms with Gasteiger partial charge in [0.05, 0.1) is 33.0 Å². The van der Waals surface area contributed by atoms with Gasteiger partial charge < -0.3 is 109 Å². The van der Waals surface area contributed by atoms with E-state index in [0.717, 1.165) is 0 Å². The Balaban J connectivity index is 1.32. The third-order valence-electron chi connectivity index (χ3n) is 8.90. The molecular weight excluding hydrogens is 664 g/mol. The Hall–Kier alpha value is -0.880. The summed E-state index contributed by atoms with van der Waals surface area (Å²) in [5.74, 6) is 0. The van der Waals surface area contributed by atoms with Gasteiger partial charge in [-0.25, -0.2) is 0 Å². The summed E-state index contributed by atoms with van der Waals surface area (Å²) in [5.41, 5.74) is 0. The van der Waals surface area contributed by atoms with Crippen LogP contribution in [0.5, 0.6) is 0 Å². The lowest BCUT2D eigenvalue weighted by molar-refractivity contribution is -0.283. The number of rotatable bonds is 14. The molecule has 5 rings (SSSR count). The summed E-state index contributed by atoms with van der Waals surface area (Å²) in [6.45, 7) is -3.76. The Kier molecular flexibility index (Phi) is 12.9. The molecule has 5 aliphatic rings. The molecule has 0 spiro atoms. The summed E-state index contributed by atoms with van der Waals surface area (Å²) in [7, 11) is 0. The molecule has 0 unspecified atom stereocenters. The van der Waals surface area contributed by atoms with Crippen LogP contribution in [0.3, 0.4) is 0 Å². The first-order valence-electron chi connectivity index (χ1n) is 15.3. The molecule has 0 radical (unpaired) electrons. The second-order valence-electron chi connectivity index (χ2n) is 12.0. The average Bonchev–Trinajstić information content (AvgIpc) is 3.82. The van der Waals surface area contributed by atoms with Gasteiger partial charge in [0.2, 0.25) is 0 Å². The molecule has 22 heteroatoms. The van der Waals surface area contributed by atoms with Crippen molar-refractivity contribution in [2.75, 3.05) is 33.0 Å². The summed E-state index contributed by atoms with van der Waals surface area (Å²) in [4.78, 5) is 0. The molecule has 21 atom stereocenters. The van der Waals surface area contributed by atoms with E-state index in [9.17, 15) is 66.4 Å². The quantitative estimate of drug-likeness (QED) is 0.0796. The first-order valence-corrected chi connectivity index (χ1v) is 15.3. The van der Waals surface area contributed by atoms with Crippen LogP contribution in [-0.4, -0.2) is 229 Å². The van der Waals surface area contributed by atoms with Gasteiger partial charge in [-0.3, -0.25) is 0 Å². The van der Waals surface area contributed by atoms with Crippen LogP contribution in [-0.2, 0) is 42.6 Å². The van der Waals surface area contributed by atoms with Gasteiger partial charge in [-0.2, -0.15) is 0 Å². The van der Waals surface area contributed by atoms with Crippen molar-refractivity contribution in [3.8, 4) is 0 Å². The maximum absolute atomic E-state index is 11.1. The predicted octanol–water partition coefficient (Wildman–Crippen LogP) is -9.37. The van der Waals surface area contributed by atoms with Gasteiger partial charge in [0.15, 0.2) is 31.5 Å². The molecule has 5 fully saturated rings. The van der Waals surface area contributed by atoms with Gasteiger partial charge in [0, 0.05) is 0 Å². The summed E-state index contributed by atoms with van der Waals surface area (Å²) in [5, 5.41) is 132. The van der Waals surface area contributed by atoms with Gasteiger partial charge in [-0.05, 0) is 0 Å². The van der Waals surface area contributed by atoms with Crippen molar-refractivity contribution in [2.24, 2.45) is 0 Å². The first-order chi connectivity index (χ1) is 22.9. The molecule has 0 aromatic carbocycles. The molecule has 0 aliphatic carbocycles. The fourth-order valence-corrected chi connectivity index (χ4v) is 6.19. The minimum absolute atomic E-state index is 0.669. The van der Waals surface area contributed by atoms with Crippen LogP contribution in [0.15, 0.2) is 0 Å². The zero-order chi connectivity index (χ0) is 35.0. The van der Waals surface area contributed by atoms with Crippen molar-refractivity contribution in [2.45, 2.75) is 129 Å². The van der Waals surface area contributed by atoms with Crippen LogP contribution >= 0.6 is 0 Å². The van der Waals surface area contributed by atoms with Crippen LogP contribution in [0, 0.1) is 0 Å². The van der Waals surface area contributed by atoms with Crippen molar-refractivity contribution in [1.29, 1.82) is 0 Å². The normalized spacial score (nSPS) is 51.7. The Labute approximate surface area is 271 Å². The number of aliphatic hydroxyl groups is 13. The highest BCUT2D eigenvalue weighted by Crippen LogP contribution is 2.37. The summed E-state index contributed by atoms with van der Waals surface area (Å²) in [6.07, 6.45) is -33.1. The Morgan fingerprint density at radius 1 is 0.417 bits per heavy atom. The van der Waals surface area contributed by atoms with Crippen molar-refractivity contribution in [3.05, 3.63) is 0 Å². The minimum Gasteiger partial charge on any atom is -0.394 e. The van der Waals surface area contributed by atoms with Crippen molar-refractivity contribution in [1.82, 2.24) is 0 Å². The molecule has 5 saturated heterocycles. The Morgan fingerprint density at radius 2 is 0.854 bits per heavy atom. The van der Waals surface area contributed by atoms with Crippen LogP contribution in [0.1, 0.15) is 0 Å². The molecule has 5 aliphatic heterocycles. The third-order valence-corrected chi connectivity index (χ3v) is 8.90. The minimum atomic E-state index is -1.85. The lowest BCUT2D eigenvalue weighted by atomic mass is 10.1. The van der Waals surface area contributed by atoms with Gasteiger partial charge in [-0.15, -0.1) is 0 Å². The van der Waals surface area contributed by atoms with E-state index in [1.54, 1.807) is 0 Å². The van der Waals surface area contributed by atoms with Crippen LogP contribution in [0.2, 0.25) is 0 Å². The third kappa shape index (κ3) is 7.38. The fourth-order valence-electron chi connectivity index (χ4n) is 6.19. The highest BCUT2D eigenvalue weighted by atomic mass is 16.8. The van der Waals surface area contributed by atoms with Crippen LogP contribution in [0.25, 0.3) is 0 Å². The monoisotopic (exact) mass is 708 g/mol. The van der Waals surface area contributed by atoms with E-state index in [1.807, 2.05) is 0 Å². The highest BCUT2D eigenvalue weighted by molar-refractivity contribution is 4.98. The van der Waals surface area contributed by atoms with E-state index in [2.05, 4.69) is 0 Å². The van der Waals surface area contributed by atoms with E-state index in [1.165, 1.54) is 0 Å². The predicted molar refractivity (Wildman–Crippen MR) is 142 cm³/mol. The van der Waals surface area contributed by atoms with Gasteiger partial charge in [-0.1, -0.05) is 0 Å². The SMILES string of the molecule is OC[C@@H](O)[C@@H]1O[C@@H](O[C@H]2[C@@H](O[C@@H]3[C@@H](O[C@@H]4O[C@@H](CO)[C@H](O)[C@H]4O)[C@H](CO)O[C@H]3O)O[C@@H](CO)[C@@H]2O)[C@H](O)[C@H]1O[C@@H]1O[C@@H](CO)[C@H](O)[C@H]1O. The molecule has 5 heterocycles. The molecule has 0 bridgehead atoms. The number of hydrogen-bond acceptors (Lipinski definition) is 22. The lowest BCUT2D eigenvalue weighted by Crippen LogP contribution is -2.49. The highest BCUT2D eigenvalue weighted by Gasteiger charge is 2.58. The van der Waals surface area contributed by atoms with Crippen LogP contribution in [0.4, 0.5) is 0 Å². The molecule has 0 saturated carbocycles. The molecule has 48 heavy (non-hydrogen) atoms. The molecular formula is C26H44O22. The molecule has 13 N–H and O–H groups in total. The van der Waals surface area contributed by atoms with E-state index in [-0.39, 0.29) is 0 Å². The summed E-state index contributed by atoms with van der Waals surface area (Å²) < 4.78 is 50.0. The fraction of sp³-hybridized carbons (Fsp3) is 1.00. The summed E-state index contributed by atoms with van der Waals surface area (Å²) in [6, 6.07) is 0. The molecule has 0 aromatic rings. The van der Waals surface area contributed by atoms with E-state index in [0.29, 0.717) is 0 Å².